The fourth-order valence-electron chi connectivity index (χ4n) is 2.09. The molecule has 0 radical (unpaired) electrons. The largest absolute Gasteiger partial charge is 0.370 e. The lowest BCUT2D eigenvalue weighted by molar-refractivity contribution is -0.385. The predicted molar refractivity (Wildman–Crippen MR) is 109 cm³/mol. The van der Waals surface area contributed by atoms with Gasteiger partial charge in [0.05, 0.1) is 16.4 Å². The van der Waals surface area contributed by atoms with E-state index in [0.29, 0.717) is 5.96 Å². The number of halogens is 1. The van der Waals surface area contributed by atoms with Crippen LogP contribution in [0.1, 0.15) is 0 Å². The standard InChI is InChI=1S/C13H19N5O4S2.HI/c14-13(17-6-8-23-9-7-17)15-4-5-16-24(21,22)12-3-1-2-11(10-12)18(19)20;/h1-3,10,16H,4-9H2,(H2,14,15);1H. The maximum absolute atomic E-state index is 12.1. The van der Waals surface area contributed by atoms with Crippen LogP contribution in [-0.4, -0.2) is 61.9 Å². The smallest absolute Gasteiger partial charge is 0.270 e. The van der Waals surface area contributed by atoms with Crippen molar-refractivity contribution in [3.05, 3.63) is 34.4 Å². The number of nitro benzene ring substituents is 1. The van der Waals surface area contributed by atoms with Gasteiger partial charge in [0.1, 0.15) is 0 Å². The van der Waals surface area contributed by atoms with Crippen molar-refractivity contribution in [2.24, 2.45) is 10.7 Å². The van der Waals surface area contributed by atoms with Crippen LogP contribution in [0.3, 0.4) is 0 Å². The Labute approximate surface area is 167 Å². The first-order valence-electron chi connectivity index (χ1n) is 7.27. The van der Waals surface area contributed by atoms with E-state index in [4.69, 9.17) is 5.73 Å². The van der Waals surface area contributed by atoms with Crippen LogP contribution in [0.5, 0.6) is 0 Å². The number of benzene rings is 1. The van der Waals surface area contributed by atoms with Crippen molar-refractivity contribution in [3.8, 4) is 0 Å². The number of nitrogens with one attached hydrogen (secondary N) is 1. The first kappa shape index (κ1) is 21.9. The molecule has 0 aliphatic carbocycles. The lowest BCUT2D eigenvalue weighted by atomic mass is 10.3. The van der Waals surface area contributed by atoms with Gasteiger partial charge in [-0.1, -0.05) is 6.07 Å². The van der Waals surface area contributed by atoms with Crippen molar-refractivity contribution < 1.29 is 13.3 Å². The fourth-order valence-corrected chi connectivity index (χ4v) is 4.05. The summed E-state index contributed by atoms with van der Waals surface area (Å²) in [7, 11) is -3.82. The first-order chi connectivity index (χ1) is 11.4. The van der Waals surface area contributed by atoms with Gasteiger partial charge in [-0.15, -0.1) is 24.0 Å². The zero-order valence-electron chi connectivity index (χ0n) is 13.3. The maximum atomic E-state index is 12.1. The van der Waals surface area contributed by atoms with E-state index in [-0.39, 0.29) is 47.6 Å². The molecule has 1 aliphatic heterocycles. The molecular weight excluding hydrogens is 481 g/mol. The van der Waals surface area contributed by atoms with Gasteiger partial charge >= 0.3 is 0 Å². The molecule has 0 saturated carbocycles. The lowest BCUT2D eigenvalue weighted by Crippen LogP contribution is -2.43. The Hall–Kier alpha value is -1.12. The van der Waals surface area contributed by atoms with Crippen LogP contribution in [-0.2, 0) is 10.0 Å². The van der Waals surface area contributed by atoms with Crippen LogP contribution in [0.25, 0.3) is 0 Å². The summed E-state index contributed by atoms with van der Waals surface area (Å²) in [6, 6.07) is 4.89. The molecule has 1 saturated heterocycles. The number of hydrogen-bond acceptors (Lipinski definition) is 6. The van der Waals surface area contributed by atoms with Crippen molar-refractivity contribution in [1.29, 1.82) is 0 Å². The molecular formula is C13H20IN5O4S2. The van der Waals surface area contributed by atoms with Crippen molar-refractivity contribution in [2.75, 3.05) is 37.7 Å². The van der Waals surface area contributed by atoms with Crippen LogP contribution in [0, 0.1) is 10.1 Å². The number of non-ortho nitro benzene ring substituents is 1. The van der Waals surface area contributed by atoms with Gasteiger partial charge < -0.3 is 10.6 Å². The van der Waals surface area contributed by atoms with Gasteiger partial charge in [0.25, 0.3) is 5.69 Å². The highest BCUT2D eigenvalue weighted by Gasteiger charge is 2.17. The quantitative estimate of drug-likeness (QED) is 0.148. The lowest BCUT2D eigenvalue weighted by Gasteiger charge is -2.27. The molecule has 2 rings (SSSR count). The summed E-state index contributed by atoms with van der Waals surface area (Å²) in [6.07, 6.45) is 0. The minimum atomic E-state index is -3.82. The highest BCUT2D eigenvalue weighted by molar-refractivity contribution is 14.0. The van der Waals surface area contributed by atoms with Crippen molar-refractivity contribution in [2.45, 2.75) is 4.90 Å². The van der Waals surface area contributed by atoms with Gasteiger partial charge in [0.15, 0.2) is 5.96 Å². The minimum absolute atomic E-state index is 0. The SMILES string of the molecule is I.NC(=NCCNS(=O)(=O)c1cccc([N+](=O)[O-])c1)N1CCSCC1. The zero-order valence-corrected chi connectivity index (χ0v) is 17.3. The summed E-state index contributed by atoms with van der Waals surface area (Å²) in [6.45, 7) is 1.93. The Kier molecular flexibility index (Phi) is 8.88. The third kappa shape index (κ3) is 6.60. The van der Waals surface area contributed by atoms with E-state index in [1.54, 1.807) is 0 Å². The third-order valence-corrected chi connectivity index (χ3v) is 5.75. The Morgan fingerprint density at radius 2 is 2.08 bits per heavy atom. The van der Waals surface area contributed by atoms with Crippen molar-refractivity contribution >= 4 is 57.4 Å². The summed E-state index contributed by atoms with van der Waals surface area (Å²) < 4.78 is 26.6. The zero-order chi connectivity index (χ0) is 17.6. The van der Waals surface area contributed by atoms with Gasteiger partial charge in [-0.05, 0) is 6.07 Å². The Balaban J connectivity index is 0.00000312. The van der Waals surface area contributed by atoms with Crippen LogP contribution in [0.4, 0.5) is 5.69 Å². The highest BCUT2D eigenvalue weighted by atomic mass is 127. The van der Waals surface area contributed by atoms with E-state index < -0.39 is 14.9 Å². The molecule has 0 bridgehead atoms. The predicted octanol–water partition coefficient (Wildman–Crippen LogP) is 0.855. The second kappa shape index (κ2) is 10.1. The number of rotatable bonds is 6. The molecule has 0 atom stereocenters. The number of guanidine groups is 1. The number of nitrogens with two attached hydrogens (primary N) is 1. The Morgan fingerprint density at radius 1 is 1.40 bits per heavy atom. The topological polar surface area (TPSA) is 131 Å². The molecule has 3 N–H and O–H groups in total. The van der Waals surface area contributed by atoms with Gasteiger partial charge in [-0.3, -0.25) is 15.1 Å². The van der Waals surface area contributed by atoms with Gasteiger partial charge in [0.2, 0.25) is 10.0 Å². The van der Waals surface area contributed by atoms with Gasteiger partial charge in [0, 0.05) is 43.3 Å². The average Bonchev–Trinajstić information content (AvgIpc) is 2.59. The number of nitro groups is 1. The van der Waals surface area contributed by atoms with Crippen LogP contribution >= 0.6 is 35.7 Å². The highest BCUT2D eigenvalue weighted by Crippen LogP contribution is 2.16. The molecule has 0 aromatic heterocycles. The van der Waals surface area contributed by atoms with E-state index >= 15 is 0 Å². The van der Waals surface area contributed by atoms with Crippen LogP contribution in [0.2, 0.25) is 0 Å². The second-order valence-corrected chi connectivity index (χ2v) is 7.98. The van der Waals surface area contributed by atoms with E-state index in [9.17, 15) is 18.5 Å². The number of sulfonamides is 1. The van der Waals surface area contributed by atoms with Crippen molar-refractivity contribution in [3.63, 3.8) is 0 Å². The average molecular weight is 501 g/mol. The van der Waals surface area contributed by atoms with E-state index in [1.807, 2.05) is 16.7 Å². The van der Waals surface area contributed by atoms with Crippen molar-refractivity contribution in [1.82, 2.24) is 9.62 Å². The molecule has 140 valence electrons. The van der Waals surface area contributed by atoms with Gasteiger partial charge in [-0.25, -0.2) is 13.1 Å². The summed E-state index contributed by atoms with van der Waals surface area (Å²) >= 11 is 1.86. The third-order valence-electron chi connectivity index (χ3n) is 3.35. The molecule has 12 heteroatoms. The fraction of sp³-hybridized carbons (Fsp3) is 0.462. The molecule has 1 fully saturated rings. The molecule has 0 unspecified atom stereocenters. The molecule has 1 aromatic rings. The molecule has 25 heavy (non-hydrogen) atoms. The number of thioether (sulfide) groups is 1. The normalized spacial score (nSPS) is 15.5. The number of nitrogens with zero attached hydrogens (tertiary/aromatic N) is 3. The molecule has 9 nitrogen and oxygen atoms in total. The number of hydrogen-bond donors (Lipinski definition) is 2. The summed E-state index contributed by atoms with van der Waals surface area (Å²) in [4.78, 5) is 16.1. The maximum Gasteiger partial charge on any atom is 0.270 e. The summed E-state index contributed by atoms with van der Waals surface area (Å²) in [5, 5.41) is 10.7. The molecule has 0 spiro atoms. The van der Waals surface area contributed by atoms with Crippen LogP contribution < -0.4 is 10.5 Å². The summed E-state index contributed by atoms with van der Waals surface area (Å²) in [5.74, 6) is 2.40. The molecule has 0 amide bonds. The second-order valence-electron chi connectivity index (χ2n) is 4.99. The summed E-state index contributed by atoms with van der Waals surface area (Å²) in [5.41, 5.74) is 5.60. The minimum Gasteiger partial charge on any atom is -0.370 e. The van der Waals surface area contributed by atoms with Gasteiger partial charge in [-0.2, -0.15) is 11.8 Å². The van der Waals surface area contributed by atoms with E-state index in [2.05, 4.69) is 9.71 Å². The number of aliphatic imine (C=N–C) groups is 1. The van der Waals surface area contributed by atoms with E-state index in [0.717, 1.165) is 30.7 Å². The molecule has 1 aliphatic rings. The van der Waals surface area contributed by atoms with Crippen LogP contribution in [0.15, 0.2) is 34.2 Å². The first-order valence-corrected chi connectivity index (χ1v) is 9.91. The van der Waals surface area contributed by atoms with E-state index in [1.165, 1.54) is 18.2 Å². The molecule has 1 heterocycles. The molecule has 1 aromatic carbocycles. The Morgan fingerprint density at radius 3 is 2.72 bits per heavy atom. The monoisotopic (exact) mass is 501 g/mol. The Bertz CT molecular complexity index is 723.